The first-order valence-corrected chi connectivity index (χ1v) is 7.03. The molecule has 21 heavy (non-hydrogen) atoms. The summed E-state index contributed by atoms with van der Waals surface area (Å²) in [6.07, 6.45) is 0.352. The van der Waals surface area contributed by atoms with Gasteiger partial charge in [-0.1, -0.05) is 28.1 Å². The molecule has 0 aromatic heterocycles. The molecule has 2 N–H and O–H groups in total. The van der Waals surface area contributed by atoms with Crippen LogP contribution < -0.4 is 10.5 Å². The van der Waals surface area contributed by atoms with Gasteiger partial charge in [-0.2, -0.15) is 4.39 Å². The zero-order valence-corrected chi connectivity index (χ0v) is 12.8. The van der Waals surface area contributed by atoms with E-state index < -0.39 is 23.2 Å². The minimum absolute atomic E-state index is 0.147. The van der Waals surface area contributed by atoms with Gasteiger partial charge < -0.3 is 10.5 Å². The highest BCUT2D eigenvalue weighted by atomic mass is 79.9. The van der Waals surface area contributed by atoms with Crippen LogP contribution in [0.1, 0.15) is 12.5 Å². The first-order valence-electron chi connectivity index (χ1n) is 6.24. The van der Waals surface area contributed by atoms with E-state index in [1.165, 1.54) is 18.2 Å². The van der Waals surface area contributed by atoms with Crippen molar-refractivity contribution in [1.82, 2.24) is 0 Å². The zero-order chi connectivity index (χ0) is 15.6. The van der Waals surface area contributed by atoms with Crippen molar-refractivity contribution in [2.24, 2.45) is 5.73 Å². The van der Waals surface area contributed by atoms with E-state index in [2.05, 4.69) is 15.9 Å². The van der Waals surface area contributed by atoms with Crippen LogP contribution in [0, 0.1) is 17.5 Å². The van der Waals surface area contributed by atoms with Crippen molar-refractivity contribution in [3.05, 3.63) is 57.8 Å². The Kier molecular flexibility index (Phi) is 4.90. The van der Waals surface area contributed by atoms with Crippen LogP contribution in [-0.2, 0) is 6.42 Å². The number of benzene rings is 2. The summed E-state index contributed by atoms with van der Waals surface area (Å²) in [7, 11) is 0. The molecule has 6 heteroatoms. The van der Waals surface area contributed by atoms with Crippen molar-refractivity contribution in [2.75, 3.05) is 0 Å². The lowest BCUT2D eigenvalue weighted by Gasteiger charge is -2.14. The molecule has 112 valence electrons. The Bertz CT molecular complexity index is 662. The van der Waals surface area contributed by atoms with Crippen LogP contribution >= 0.6 is 15.9 Å². The molecule has 0 spiro atoms. The lowest BCUT2D eigenvalue weighted by atomic mass is 10.1. The van der Waals surface area contributed by atoms with E-state index in [0.717, 1.165) is 6.07 Å². The van der Waals surface area contributed by atoms with E-state index in [1.54, 1.807) is 13.0 Å². The topological polar surface area (TPSA) is 35.2 Å². The maximum absolute atomic E-state index is 13.9. The van der Waals surface area contributed by atoms with Crippen molar-refractivity contribution in [2.45, 2.75) is 19.4 Å². The summed E-state index contributed by atoms with van der Waals surface area (Å²) >= 11 is 3.04. The summed E-state index contributed by atoms with van der Waals surface area (Å²) in [5.41, 5.74) is 6.19. The average molecular weight is 360 g/mol. The Labute approximate surface area is 128 Å². The highest BCUT2D eigenvalue weighted by molar-refractivity contribution is 9.10. The van der Waals surface area contributed by atoms with Crippen LogP contribution in [0.3, 0.4) is 0 Å². The molecule has 0 saturated carbocycles. The van der Waals surface area contributed by atoms with Crippen LogP contribution in [0.15, 0.2) is 34.8 Å². The highest BCUT2D eigenvalue weighted by Gasteiger charge is 2.17. The second-order valence-corrected chi connectivity index (χ2v) is 5.63. The number of ether oxygens (including phenoxy) is 1. The van der Waals surface area contributed by atoms with Gasteiger partial charge in [0.1, 0.15) is 0 Å². The Hall–Kier alpha value is -1.53. The largest absolute Gasteiger partial charge is 0.451 e. The molecule has 2 rings (SSSR count). The van der Waals surface area contributed by atoms with Gasteiger partial charge in [0, 0.05) is 10.5 Å². The van der Waals surface area contributed by atoms with Crippen molar-refractivity contribution in [3.63, 3.8) is 0 Å². The number of halogens is 4. The average Bonchev–Trinajstić information content (AvgIpc) is 2.38. The number of hydrogen-bond donors (Lipinski definition) is 1. The molecule has 0 bridgehead atoms. The molecule has 0 heterocycles. The molecule has 1 atom stereocenters. The molecule has 0 fully saturated rings. The molecule has 2 nitrogen and oxygen atoms in total. The maximum atomic E-state index is 13.9. The van der Waals surface area contributed by atoms with Gasteiger partial charge in [-0.15, -0.1) is 0 Å². The van der Waals surface area contributed by atoms with Crippen LogP contribution in [0.2, 0.25) is 0 Å². The molecule has 2 aromatic carbocycles. The summed E-state index contributed by atoms with van der Waals surface area (Å²) in [5.74, 6) is -3.45. The highest BCUT2D eigenvalue weighted by Crippen LogP contribution is 2.33. The van der Waals surface area contributed by atoms with Crippen LogP contribution in [-0.4, -0.2) is 6.04 Å². The third-order valence-corrected chi connectivity index (χ3v) is 3.22. The van der Waals surface area contributed by atoms with E-state index in [4.69, 9.17) is 10.5 Å². The molecule has 0 saturated heterocycles. The number of nitrogens with two attached hydrogens (primary N) is 1. The molecule has 0 aliphatic heterocycles. The predicted octanol–water partition coefficient (Wildman–Crippen LogP) is 4.55. The third-order valence-electron chi connectivity index (χ3n) is 2.76. The Morgan fingerprint density at radius 2 is 1.90 bits per heavy atom. The molecule has 0 radical (unpaired) electrons. The molecule has 2 aromatic rings. The SMILES string of the molecule is CC(N)Cc1cccc(F)c1Oc1cc(Br)cc(F)c1F. The normalized spacial score (nSPS) is 12.3. The van der Waals surface area contributed by atoms with Gasteiger partial charge in [0.25, 0.3) is 0 Å². The quantitative estimate of drug-likeness (QED) is 0.812. The lowest BCUT2D eigenvalue weighted by molar-refractivity contribution is 0.392. The minimum atomic E-state index is -1.17. The van der Waals surface area contributed by atoms with Crippen LogP contribution in [0.25, 0.3) is 0 Å². The van der Waals surface area contributed by atoms with Crippen molar-refractivity contribution >= 4 is 15.9 Å². The Balaban J connectivity index is 2.44. The second-order valence-electron chi connectivity index (χ2n) is 4.71. The van der Waals surface area contributed by atoms with Gasteiger partial charge in [-0.3, -0.25) is 0 Å². The second kappa shape index (κ2) is 6.49. The molecule has 0 amide bonds. The number of hydrogen-bond acceptors (Lipinski definition) is 2. The van der Waals surface area contributed by atoms with Crippen molar-refractivity contribution in [3.8, 4) is 11.5 Å². The van der Waals surface area contributed by atoms with Gasteiger partial charge in [-0.25, -0.2) is 8.78 Å². The molecular formula is C15H13BrF3NO. The number of para-hydroxylation sites is 1. The van der Waals surface area contributed by atoms with Gasteiger partial charge in [-0.05, 0) is 37.1 Å². The molecule has 0 aliphatic carbocycles. The molecular weight excluding hydrogens is 347 g/mol. The molecule has 0 aliphatic rings. The summed E-state index contributed by atoms with van der Waals surface area (Å²) in [6.45, 7) is 1.76. The van der Waals surface area contributed by atoms with Crippen LogP contribution in [0.4, 0.5) is 13.2 Å². The Morgan fingerprint density at radius 1 is 1.19 bits per heavy atom. The fourth-order valence-electron chi connectivity index (χ4n) is 1.89. The minimum Gasteiger partial charge on any atom is -0.451 e. The lowest BCUT2D eigenvalue weighted by Crippen LogP contribution is -2.18. The first kappa shape index (κ1) is 15.9. The van der Waals surface area contributed by atoms with E-state index >= 15 is 0 Å². The first-order chi connectivity index (χ1) is 9.88. The standard InChI is InChI=1S/C15H13BrF3NO/c1-8(20)5-9-3-2-4-11(17)15(9)21-13-7-10(16)6-12(18)14(13)19/h2-4,6-8H,5,20H2,1H3. The number of rotatable bonds is 4. The maximum Gasteiger partial charge on any atom is 0.201 e. The summed E-state index contributed by atoms with van der Waals surface area (Å²) in [4.78, 5) is 0. The van der Waals surface area contributed by atoms with Crippen molar-refractivity contribution < 1.29 is 17.9 Å². The van der Waals surface area contributed by atoms with Crippen molar-refractivity contribution in [1.29, 1.82) is 0 Å². The smallest absolute Gasteiger partial charge is 0.201 e. The van der Waals surface area contributed by atoms with Gasteiger partial charge >= 0.3 is 0 Å². The van der Waals surface area contributed by atoms with E-state index in [0.29, 0.717) is 16.5 Å². The van der Waals surface area contributed by atoms with E-state index in [1.807, 2.05) is 0 Å². The fraction of sp³-hybridized carbons (Fsp3) is 0.200. The third kappa shape index (κ3) is 3.77. The monoisotopic (exact) mass is 359 g/mol. The van der Waals surface area contributed by atoms with Gasteiger partial charge in [0.15, 0.2) is 23.1 Å². The summed E-state index contributed by atoms with van der Waals surface area (Å²) < 4.78 is 46.6. The molecule has 1 unspecified atom stereocenters. The van der Waals surface area contributed by atoms with Gasteiger partial charge in [0.2, 0.25) is 5.82 Å². The fourth-order valence-corrected chi connectivity index (χ4v) is 2.30. The van der Waals surface area contributed by atoms with Crippen LogP contribution in [0.5, 0.6) is 11.5 Å². The predicted molar refractivity (Wildman–Crippen MR) is 77.9 cm³/mol. The Morgan fingerprint density at radius 3 is 2.57 bits per heavy atom. The summed E-state index contributed by atoms with van der Waals surface area (Å²) in [6, 6.07) is 6.31. The summed E-state index contributed by atoms with van der Waals surface area (Å²) in [5, 5.41) is 0. The van der Waals surface area contributed by atoms with E-state index in [9.17, 15) is 13.2 Å². The van der Waals surface area contributed by atoms with E-state index in [-0.39, 0.29) is 11.8 Å². The van der Waals surface area contributed by atoms with Gasteiger partial charge in [0.05, 0.1) is 0 Å². The zero-order valence-electron chi connectivity index (χ0n) is 11.2.